The van der Waals surface area contributed by atoms with Crippen molar-refractivity contribution in [3.8, 4) is 0 Å². The number of fused-ring (bicyclic) bond motifs is 1. The Morgan fingerprint density at radius 2 is 1.71 bits per heavy atom. The molecular formula is C17H28N2O2. The zero-order valence-corrected chi connectivity index (χ0v) is 13.3. The van der Waals surface area contributed by atoms with Gasteiger partial charge >= 0.3 is 0 Å². The van der Waals surface area contributed by atoms with Gasteiger partial charge in [0.2, 0.25) is 11.8 Å². The lowest BCUT2D eigenvalue weighted by Gasteiger charge is -2.28. The van der Waals surface area contributed by atoms with Crippen molar-refractivity contribution in [2.24, 2.45) is 23.7 Å². The molecular weight excluding hydrogens is 264 g/mol. The van der Waals surface area contributed by atoms with Crippen molar-refractivity contribution in [1.29, 1.82) is 0 Å². The molecule has 3 aliphatic rings. The van der Waals surface area contributed by atoms with Gasteiger partial charge in [0, 0.05) is 12.6 Å². The molecule has 1 saturated heterocycles. The maximum atomic E-state index is 12.6. The second-order valence-corrected chi connectivity index (χ2v) is 7.29. The predicted octanol–water partition coefficient (Wildman–Crippen LogP) is 2.19. The van der Waals surface area contributed by atoms with Crippen LogP contribution in [0.15, 0.2) is 0 Å². The maximum absolute atomic E-state index is 12.6. The van der Waals surface area contributed by atoms with Gasteiger partial charge in [-0.05, 0) is 44.1 Å². The molecule has 0 radical (unpaired) electrons. The summed E-state index contributed by atoms with van der Waals surface area (Å²) in [6.45, 7) is 5.76. The fourth-order valence-corrected chi connectivity index (χ4v) is 4.73. The molecule has 0 aromatic carbocycles. The zero-order chi connectivity index (χ0) is 15.0. The highest BCUT2D eigenvalue weighted by molar-refractivity contribution is 6.05. The van der Waals surface area contributed by atoms with E-state index < -0.39 is 0 Å². The molecule has 2 aliphatic carbocycles. The second kappa shape index (κ2) is 6.07. The smallest absolute Gasteiger partial charge is 0.233 e. The van der Waals surface area contributed by atoms with Crippen molar-refractivity contribution >= 4 is 11.8 Å². The van der Waals surface area contributed by atoms with Gasteiger partial charge in [0.1, 0.15) is 0 Å². The summed E-state index contributed by atoms with van der Waals surface area (Å²) < 4.78 is 0. The van der Waals surface area contributed by atoms with E-state index in [1.54, 1.807) is 4.90 Å². The first-order valence-corrected chi connectivity index (χ1v) is 8.70. The molecule has 3 atom stereocenters. The lowest BCUT2D eigenvalue weighted by molar-refractivity contribution is -0.141. The number of nitrogens with one attached hydrogen (secondary N) is 1. The van der Waals surface area contributed by atoms with Crippen molar-refractivity contribution in [1.82, 2.24) is 10.2 Å². The van der Waals surface area contributed by atoms with Crippen LogP contribution in [0.2, 0.25) is 0 Å². The highest BCUT2D eigenvalue weighted by Crippen LogP contribution is 2.43. The number of hydrogen-bond donors (Lipinski definition) is 1. The Morgan fingerprint density at radius 3 is 2.24 bits per heavy atom. The summed E-state index contributed by atoms with van der Waals surface area (Å²) in [6, 6.07) is 0.293. The van der Waals surface area contributed by atoms with Crippen LogP contribution in [0.25, 0.3) is 0 Å². The summed E-state index contributed by atoms with van der Waals surface area (Å²) in [6.07, 6.45) is 6.85. The van der Waals surface area contributed by atoms with E-state index in [4.69, 9.17) is 0 Å². The molecule has 2 saturated carbocycles. The molecule has 21 heavy (non-hydrogen) atoms. The summed E-state index contributed by atoms with van der Waals surface area (Å²) in [4.78, 5) is 26.7. The number of imide groups is 1. The number of carbonyl (C=O) groups is 2. The summed E-state index contributed by atoms with van der Waals surface area (Å²) in [5, 5.41) is 3.52. The van der Waals surface area contributed by atoms with Gasteiger partial charge in [0.25, 0.3) is 0 Å². The van der Waals surface area contributed by atoms with Crippen LogP contribution in [-0.4, -0.2) is 35.8 Å². The van der Waals surface area contributed by atoms with Crippen molar-refractivity contribution in [3.63, 3.8) is 0 Å². The molecule has 0 spiro atoms. The Kier molecular flexibility index (Phi) is 4.34. The van der Waals surface area contributed by atoms with Gasteiger partial charge in [-0.25, -0.2) is 0 Å². The minimum Gasteiger partial charge on any atom is -0.312 e. The SMILES string of the molecule is CCNC(CN1C(=O)C2CC(C)CC2C1=O)C1CCCC1. The van der Waals surface area contributed by atoms with E-state index in [-0.39, 0.29) is 23.7 Å². The molecule has 0 aromatic rings. The van der Waals surface area contributed by atoms with Crippen molar-refractivity contribution in [2.75, 3.05) is 13.1 Å². The highest BCUT2D eigenvalue weighted by atomic mass is 16.2. The zero-order valence-electron chi connectivity index (χ0n) is 13.3. The average Bonchev–Trinajstić information content (AvgIpc) is 3.14. The predicted molar refractivity (Wildman–Crippen MR) is 81.5 cm³/mol. The number of likely N-dealkylation sites (tertiary alicyclic amines) is 1. The van der Waals surface area contributed by atoms with E-state index in [2.05, 4.69) is 19.2 Å². The van der Waals surface area contributed by atoms with Gasteiger partial charge in [-0.3, -0.25) is 14.5 Å². The van der Waals surface area contributed by atoms with Crippen LogP contribution in [-0.2, 0) is 9.59 Å². The molecule has 3 rings (SSSR count). The minimum atomic E-state index is -0.0154. The summed E-state index contributed by atoms with van der Waals surface area (Å²) in [5.74, 6) is 1.33. The van der Waals surface area contributed by atoms with Crippen molar-refractivity contribution < 1.29 is 9.59 Å². The van der Waals surface area contributed by atoms with E-state index in [1.165, 1.54) is 25.7 Å². The molecule has 2 amide bonds. The molecule has 0 aromatic heterocycles. The van der Waals surface area contributed by atoms with E-state index >= 15 is 0 Å². The number of hydrogen-bond acceptors (Lipinski definition) is 3. The average molecular weight is 292 g/mol. The summed E-state index contributed by atoms with van der Waals surface area (Å²) in [7, 11) is 0. The molecule has 1 aliphatic heterocycles. The maximum Gasteiger partial charge on any atom is 0.233 e. The van der Waals surface area contributed by atoms with Crippen molar-refractivity contribution in [2.45, 2.75) is 58.4 Å². The Balaban J connectivity index is 1.68. The van der Waals surface area contributed by atoms with Gasteiger partial charge in [0.15, 0.2) is 0 Å². The van der Waals surface area contributed by atoms with Crippen LogP contribution in [0.4, 0.5) is 0 Å². The fourth-order valence-electron chi connectivity index (χ4n) is 4.73. The monoisotopic (exact) mass is 292 g/mol. The van der Waals surface area contributed by atoms with E-state index in [0.29, 0.717) is 24.4 Å². The number of rotatable bonds is 5. The minimum absolute atomic E-state index is 0.0154. The van der Waals surface area contributed by atoms with Gasteiger partial charge < -0.3 is 5.32 Å². The van der Waals surface area contributed by atoms with Crippen LogP contribution in [0.1, 0.15) is 52.4 Å². The first-order chi connectivity index (χ1) is 10.1. The number of nitrogens with zero attached hydrogens (tertiary/aromatic N) is 1. The quantitative estimate of drug-likeness (QED) is 0.790. The van der Waals surface area contributed by atoms with Gasteiger partial charge in [-0.2, -0.15) is 0 Å². The van der Waals surface area contributed by atoms with E-state index in [0.717, 1.165) is 19.4 Å². The fraction of sp³-hybridized carbons (Fsp3) is 0.882. The third kappa shape index (κ3) is 2.75. The molecule has 3 fully saturated rings. The lowest BCUT2D eigenvalue weighted by atomic mass is 9.97. The van der Waals surface area contributed by atoms with Crippen molar-refractivity contribution in [3.05, 3.63) is 0 Å². The van der Waals surface area contributed by atoms with E-state index in [9.17, 15) is 9.59 Å². The molecule has 1 heterocycles. The Morgan fingerprint density at radius 1 is 1.14 bits per heavy atom. The van der Waals surface area contributed by atoms with Crippen LogP contribution in [0, 0.1) is 23.7 Å². The molecule has 1 N–H and O–H groups in total. The third-order valence-corrected chi connectivity index (χ3v) is 5.78. The van der Waals surface area contributed by atoms with Gasteiger partial charge in [-0.15, -0.1) is 0 Å². The molecule has 4 nitrogen and oxygen atoms in total. The Hall–Kier alpha value is -0.900. The Labute approximate surface area is 127 Å². The topological polar surface area (TPSA) is 49.4 Å². The summed E-state index contributed by atoms with van der Waals surface area (Å²) in [5.41, 5.74) is 0. The van der Waals surface area contributed by atoms with Crippen LogP contribution < -0.4 is 5.32 Å². The second-order valence-electron chi connectivity index (χ2n) is 7.29. The molecule has 118 valence electrons. The van der Waals surface area contributed by atoms with Gasteiger partial charge in [0.05, 0.1) is 11.8 Å². The van der Waals surface area contributed by atoms with Gasteiger partial charge in [-0.1, -0.05) is 26.7 Å². The standard InChI is InChI=1S/C17H28N2O2/c1-3-18-15(12-6-4-5-7-12)10-19-16(20)13-8-11(2)9-14(13)17(19)21/h11-15,18H,3-10H2,1-2H3. The lowest BCUT2D eigenvalue weighted by Crippen LogP contribution is -2.47. The molecule has 3 unspecified atom stereocenters. The third-order valence-electron chi connectivity index (χ3n) is 5.78. The number of likely N-dealkylation sites (N-methyl/N-ethyl adjacent to an activating group) is 1. The molecule has 0 bridgehead atoms. The van der Waals surface area contributed by atoms with Crippen LogP contribution in [0.3, 0.4) is 0 Å². The Bertz CT molecular complexity index is 393. The molecule has 4 heteroatoms. The first-order valence-electron chi connectivity index (χ1n) is 8.70. The first kappa shape index (κ1) is 15.0. The largest absolute Gasteiger partial charge is 0.312 e. The highest BCUT2D eigenvalue weighted by Gasteiger charge is 2.52. The number of carbonyl (C=O) groups excluding carboxylic acids is 2. The normalized spacial score (nSPS) is 34.8. The van der Waals surface area contributed by atoms with Crippen LogP contribution in [0.5, 0.6) is 0 Å². The number of amides is 2. The van der Waals surface area contributed by atoms with E-state index in [1.807, 2.05) is 0 Å². The van der Waals surface area contributed by atoms with Crippen LogP contribution >= 0.6 is 0 Å². The summed E-state index contributed by atoms with van der Waals surface area (Å²) >= 11 is 0.